The van der Waals surface area contributed by atoms with E-state index < -0.39 is 6.04 Å². The normalized spacial score (nSPS) is 11.7. The number of aryl methyl sites for hydroxylation is 1. The largest absolute Gasteiger partial charge is 0.368 e. The first-order chi connectivity index (χ1) is 11.1. The Morgan fingerprint density at radius 3 is 2.96 bits per heavy atom. The Balaban J connectivity index is 2.24. The number of anilines is 2. The van der Waals surface area contributed by atoms with Gasteiger partial charge in [0.1, 0.15) is 6.04 Å². The van der Waals surface area contributed by atoms with Gasteiger partial charge in [-0.15, -0.1) is 10.2 Å². The Morgan fingerprint density at radius 2 is 2.30 bits per heavy atom. The number of carbonyl (C=O) groups excluding carboxylic acids is 1. The van der Waals surface area contributed by atoms with Crippen LogP contribution >= 0.6 is 11.8 Å². The number of aromatic nitrogens is 3. The molecule has 0 aliphatic heterocycles. The number of nitriles is 1. The van der Waals surface area contributed by atoms with Gasteiger partial charge in [0.05, 0.1) is 11.8 Å². The lowest BCUT2D eigenvalue weighted by molar-refractivity contribution is -0.119. The Morgan fingerprint density at radius 1 is 1.52 bits per heavy atom. The molecule has 0 radical (unpaired) electrons. The molecule has 1 aromatic heterocycles. The maximum absolute atomic E-state index is 12.6. The van der Waals surface area contributed by atoms with E-state index in [1.807, 2.05) is 44.2 Å². The van der Waals surface area contributed by atoms with Gasteiger partial charge in [-0.2, -0.15) is 5.26 Å². The molecule has 0 saturated carbocycles. The zero-order valence-corrected chi connectivity index (χ0v) is 13.8. The highest BCUT2D eigenvalue weighted by Crippen LogP contribution is 2.26. The Hall–Kier alpha value is -2.53. The van der Waals surface area contributed by atoms with E-state index in [1.165, 1.54) is 11.8 Å². The highest BCUT2D eigenvalue weighted by molar-refractivity contribution is 7.99. The Bertz CT molecular complexity index is 736. The van der Waals surface area contributed by atoms with Crippen LogP contribution in [-0.4, -0.2) is 26.4 Å². The smallest absolute Gasteiger partial charge is 0.247 e. The zero-order valence-electron chi connectivity index (χ0n) is 13.0. The van der Waals surface area contributed by atoms with Gasteiger partial charge in [0.25, 0.3) is 0 Å². The minimum Gasteiger partial charge on any atom is -0.368 e. The second kappa shape index (κ2) is 7.65. The van der Waals surface area contributed by atoms with Crippen molar-refractivity contribution in [3.05, 3.63) is 29.8 Å². The summed E-state index contributed by atoms with van der Waals surface area (Å²) in [5, 5.41) is 19.8. The predicted octanol–water partition coefficient (Wildman–Crippen LogP) is 2.37. The molecule has 0 fully saturated rings. The van der Waals surface area contributed by atoms with E-state index in [1.54, 1.807) is 4.57 Å². The van der Waals surface area contributed by atoms with Gasteiger partial charge in [-0.3, -0.25) is 9.36 Å². The van der Waals surface area contributed by atoms with Crippen LogP contribution in [0, 0.1) is 18.3 Å². The number of hydrogen-bond acceptors (Lipinski definition) is 6. The predicted molar refractivity (Wildman–Crippen MR) is 89.9 cm³/mol. The number of hydrogen-bond donors (Lipinski definition) is 2. The van der Waals surface area contributed by atoms with Crippen LogP contribution in [0.4, 0.5) is 11.6 Å². The standard InChI is InChI=1S/C15H18N6OS/c1-3-12(13(22)18-11-6-4-5-10(2)9-11)21-14(17)19-20-15(21)23-8-7-16/h4-6,9,12H,3,8H2,1-2H3,(H2,17,19)(H,18,22). The van der Waals surface area contributed by atoms with Crippen molar-refractivity contribution < 1.29 is 4.79 Å². The first-order valence-electron chi connectivity index (χ1n) is 7.14. The van der Waals surface area contributed by atoms with Crippen molar-refractivity contribution in [3.8, 4) is 6.07 Å². The van der Waals surface area contributed by atoms with Gasteiger partial charge in [-0.25, -0.2) is 0 Å². The van der Waals surface area contributed by atoms with E-state index in [9.17, 15) is 4.79 Å². The summed E-state index contributed by atoms with van der Waals surface area (Å²) in [5.74, 6) is 0.189. The molecule has 1 aromatic carbocycles. The fraction of sp³-hybridized carbons (Fsp3) is 0.333. The number of nitrogens with zero attached hydrogens (tertiary/aromatic N) is 4. The summed E-state index contributed by atoms with van der Waals surface area (Å²) in [7, 11) is 0. The molecule has 23 heavy (non-hydrogen) atoms. The molecule has 0 bridgehead atoms. The molecule has 0 aliphatic carbocycles. The van der Waals surface area contributed by atoms with E-state index >= 15 is 0 Å². The summed E-state index contributed by atoms with van der Waals surface area (Å²) >= 11 is 1.21. The van der Waals surface area contributed by atoms with Gasteiger partial charge in [0.15, 0.2) is 5.16 Å². The molecule has 120 valence electrons. The summed E-state index contributed by atoms with van der Waals surface area (Å²) in [6.07, 6.45) is 0.528. The molecule has 7 nitrogen and oxygen atoms in total. The minimum atomic E-state index is -0.535. The first-order valence-corrected chi connectivity index (χ1v) is 8.13. The number of thioether (sulfide) groups is 1. The third-order valence-corrected chi connectivity index (χ3v) is 4.05. The Kier molecular flexibility index (Phi) is 5.60. The van der Waals surface area contributed by atoms with Crippen molar-refractivity contribution in [1.82, 2.24) is 14.8 Å². The molecule has 1 atom stereocenters. The number of amides is 1. The lowest BCUT2D eigenvalue weighted by atomic mass is 10.2. The molecule has 1 unspecified atom stereocenters. The van der Waals surface area contributed by atoms with Crippen LogP contribution in [0.1, 0.15) is 24.9 Å². The Labute approximate surface area is 138 Å². The van der Waals surface area contributed by atoms with Gasteiger partial charge >= 0.3 is 0 Å². The summed E-state index contributed by atoms with van der Waals surface area (Å²) in [6, 6.07) is 9.06. The molecule has 2 rings (SSSR count). The number of carbonyl (C=O) groups is 1. The summed E-state index contributed by atoms with van der Waals surface area (Å²) in [5.41, 5.74) is 7.65. The lowest BCUT2D eigenvalue weighted by Crippen LogP contribution is -2.27. The van der Waals surface area contributed by atoms with Crippen LogP contribution in [0.5, 0.6) is 0 Å². The summed E-state index contributed by atoms with van der Waals surface area (Å²) < 4.78 is 1.58. The summed E-state index contributed by atoms with van der Waals surface area (Å²) in [6.45, 7) is 3.85. The highest BCUT2D eigenvalue weighted by atomic mass is 32.2. The summed E-state index contributed by atoms with van der Waals surface area (Å²) in [4.78, 5) is 12.6. The quantitative estimate of drug-likeness (QED) is 0.787. The number of nitrogens with one attached hydrogen (secondary N) is 1. The van der Waals surface area contributed by atoms with Gasteiger partial charge in [-0.05, 0) is 31.0 Å². The maximum atomic E-state index is 12.6. The third kappa shape index (κ3) is 4.02. The SMILES string of the molecule is CCC(C(=O)Nc1cccc(C)c1)n1c(N)nnc1SCC#N. The van der Waals surface area contributed by atoms with Crippen molar-refractivity contribution in [2.24, 2.45) is 0 Å². The van der Waals surface area contributed by atoms with Crippen LogP contribution in [0.2, 0.25) is 0 Å². The number of benzene rings is 1. The monoisotopic (exact) mass is 330 g/mol. The van der Waals surface area contributed by atoms with Crippen molar-refractivity contribution in [3.63, 3.8) is 0 Å². The average molecular weight is 330 g/mol. The van der Waals surface area contributed by atoms with Crippen LogP contribution in [0.15, 0.2) is 29.4 Å². The van der Waals surface area contributed by atoms with Crippen molar-refractivity contribution in [2.75, 3.05) is 16.8 Å². The van der Waals surface area contributed by atoms with E-state index in [0.29, 0.717) is 11.6 Å². The first kappa shape index (κ1) is 16.8. The average Bonchev–Trinajstić information content (AvgIpc) is 2.87. The molecule has 2 aromatic rings. The number of rotatable bonds is 6. The second-order valence-corrected chi connectivity index (χ2v) is 5.88. The molecule has 1 amide bonds. The van der Waals surface area contributed by atoms with Gasteiger partial charge in [0.2, 0.25) is 11.9 Å². The van der Waals surface area contributed by atoms with E-state index in [0.717, 1.165) is 11.3 Å². The van der Waals surface area contributed by atoms with Crippen LogP contribution in [0.25, 0.3) is 0 Å². The van der Waals surface area contributed by atoms with E-state index in [4.69, 9.17) is 11.0 Å². The number of nitrogen functional groups attached to an aromatic ring is 1. The van der Waals surface area contributed by atoms with E-state index in [2.05, 4.69) is 15.5 Å². The zero-order chi connectivity index (χ0) is 16.8. The van der Waals surface area contributed by atoms with Crippen molar-refractivity contribution in [1.29, 1.82) is 5.26 Å². The van der Waals surface area contributed by atoms with E-state index in [-0.39, 0.29) is 17.6 Å². The van der Waals surface area contributed by atoms with Crippen LogP contribution < -0.4 is 11.1 Å². The minimum absolute atomic E-state index is 0.164. The number of nitrogens with two attached hydrogens (primary N) is 1. The molecular weight excluding hydrogens is 312 g/mol. The maximum Gasteiger partial charge on any atom is 0.247 e. The fourth-order valence-electron chi connectivity index (χ4n) is 2.21. The van der Waals surface area contributed by atoms with Crippen molar-refractivity contribution in [2.45, 2.75) is 31.5 Å². The highest BCUT2D eigenvalue weighted by Gasteiger charge is 2.24. The van der Waals surface area contributed by atoms with Crippen LogP contribution in [-0.2, 0) is 4.79 Å². The third-order valence-electron chi connectivity index (χ3n) is 3.24. The molecule has 0 saturated heterocycles. The molecule has 0 spiro atoms. The fourth-order valence-corrected chi connectivity index (χ4v) is 2.86. The molecule has 1 heterocycles. The van der Waals surface area contributed by atoms with Crippen LogP contribution in [0.3, 0.4) is 0 Å². The molecule has 8 heteroatoms. The molecular formula is C15H18N6OS. The van der Waals surface area contributed by atoms with Gasteiger partial charge < -0.3 is 11.1 Å². The lowest BCUT2D eigenvalue weighted by Gasteiger charge is -2.19. The van der Waals surface area contributed by atoms with Gasteiger partial charge in [0, 0.05) is 5.69 Å². The topological polar surface area (TPSA) is 110 Å². The molecule has 3 N–H and O–H groups in total. The molecule has 0 aliphatic rings. The second-order valence-electron chi connectivity index (χ2n) is 4.94. The van der Waals surface area contributed by atoms with Crippen molar-refractivity contribution >= 4 is 29.3 Å². The van der Waals surface area contributed by atoms with Gasteiger partial charge in [-0.1, -0.05) is 30.8 Å².